The van der Waals surface area contributed by atoms with E-state index in [4.69, 9.17) is 14.2 Å². The van der Waals surface area contributed by atoms with Gasteiger partial charge >= 0.3 is 0 Å². The van der Waals surface area contributed by atoms with Gasteiger partial charge in [0, 0.05) is 32.2 Å². The molecule has 6 nitrogen and oxygen atoms in total. The van der Waals surface area contributed by atoms with Gasteiger partial charge in [0.1, 0.15) is 18.2 Å². The largest absolute Gasteiger partial charge is 0.489 e. The first kappa shape index (κ1) is 24.0. The van der Waals surface area contributed by atoms with Gasteiger partial charge in [-0.1, -0.05) is 24.3 Å². The van der Waals surface area contributed by atoms with Crippen LogP contribution >= 0.6 is 0 Å². The molecular formula is C25H34FN3O3. The Hall–Kier alpha value is -2.64. The van der Waals surface area contributed by atoms with Crippen LogP contribution in [0.2, 0.25) is 0 Å². The van der Waals surface area contributed by atoms with E-state index in [1.807, 2.05) is 30.3 Å². The van der Waals surface area contributed by atoms with Crippen LogP contribution in [0.1, 0.15) is 30.9 Å². The topological polar surface area (TPSA) is 64.1 Å². The number of hydrogen-bond donors (Lipinski definition) is 2. The first-order chi connectivity index (χ1) is 15.7. The molecule has 3 rings (SSSR count). The van der Waals surface area contributed by atoms with Gasteiger partial charge in [0.2, 0.25) is 0 Å². The van der Waals surface area contributed by atoms with E-state index in [1.54, 1.807) is 6.07 Å². The Balaban J connectivity index is 1.36. The summed E-state index contributed by atoms with van der Waals surface area (Å²) < 4.78 is 30.1. The lowest BCUT2D eigenvalue weighted by molar-refractivity contribution is 0.0888. The quantitative estimate of drug-likeness (QED) is 0.296. The van der Waals surface area contributed by atoms with Crippen molar-refractivity contribution < 1.29 is 18.6 Å². The molecule has 1 atom stereocenters. The molecule has 0 saturated carbocycles. The van der Waals surface area contributed by atoms with Crippen molar-refractivity contribution in [1.29, 1.82) is 0 Å². The lowest BCUT2D eigenvalue weighted by Crippen LogP contribution is -2.38. The summed E-state index contributed by atoms with van der Waals surface area (Å²) in [6, 6.07) is 14.3. The number of hydrogen-bond acceptors (Lipinski definition) is 4. The molecule has 1 fully saturated rings. The third kappa shape index (κ3) is 8.85. The molecule has 1 saturated heterocycles. The fraction of sp³-hybridized carbons (Fsp3) is 0.480. The van der Waals surface area contributed by atoms with Crippen LogP contribution in [0.4, 0.5) is 4.39 Å². The van der Waals surface area contributed by atoms with Crippen LogP contribution in [0.15, 0.2) is 53.5 Å². The lowest BCUT2D eigenvalue weighted by atomic mass is 10.1. The monoisotopic (exact) mass is 443 g/mol. The van der Waals surface area contributed by atoms with Crippen molar-refractivity contribution in [3.8, 4) is 5.75 Å². The highest BCUT2D eigenvalue weighted by Gasteiger charge is 2.15. The van der Waals surface area contributed by atoms with Crippen LogP contribution in [-0.2, 0) is 22.6 Å². The number of ether oxygens (including phenoxy) is 3. The van der Waals surface area contributed by atoms with E-state index in [-0.39, 0.29) is 5.82 Å². The van der Waals surface area contributed by atoms with Crippen molar-refractivity contribution >= 4 is 5.96 Å². The highest BCUT2D eigenvalue weighted by molar-refractivity contribution is 5.79. The predicted octanol–water partition coefficient (Wildman–Crippen LogP) is 3.90. The Morgan fingerprint density at radius 1 is 1.16 bits per heavy atom. The van der Waals surface area contributed by atoms with Crippen LogP contribution in [0.3, 0.4) is 0 Å². The van der Waals surface area contributed by atoms with Crippen LogP contribution < -0.4 is 15.4 Å². The zero-order chi connectivity index (χ0) is 22.4. The Bertz CT molecular complexity index is 823. The molecule has 2 aromatic rings. The van der Waals surface area contributed by atoms with E-state index >= 15 is 0 Å². The summed E-state index contributed by atoms with van der Waals surface area (Å²) in [5.74, 6) is 1.84. The minimum atomic E-state index is -0.254. The summed E-state index contributed by atoms with van der Waals surface area (Å²) in [4.78, 5) is 4.65. The number of benzene rings is 2. The summed E-state index contributed by atoms with van der Waals surface area (Å²) in [5.41, 5.74) is 1.89. The molecule has 0 spiro atoms. The number of guanidine groups is 1. The Labute approximate surface area is 190 Å². The van der Waals surface area contributed by atoms with Crippen molar-refractivity contribution in [3.63, 3.8) is 0 Å². The molecule has 2 aromatic carbocycles. The minimum absolute atomic E-state index is 0.254. The fourth-order valence-corrected chi connectivity index (χ4v) is 3.34. The van der Waals surface area contributed by atoms with Crippen LogP contribution in [0.25, 0.3) is 0 Å². The highest BCUT2D eigenvalue weighted by Crippen LogP contribution is 2.15. The summed E-state index contributed by atoms with van der Waals surface area (Å²) in [6.07, 6.45) is 2.03. The van der Waals surface area contributed by atoms with Gasteiger partial charge in [-0.05, 0) is 55.2 Å². The molecule has 1 heterocycles. The molecule has 2 N–H and O–H groups in total. The standard InChI is InChI=1S/C25H34FN3O3/c1-2-27-25(28-12-4-13-30-17-22-11-14-31-18-22)29-16-20-7-9-24(10-8-20)32-19-21-5-3-6-23(26)15-21/h3,5-10,15,22H,2,4,11-14,16-19H2,1H3,(H2,27,28,29). The Morgan fingerprint density at radius 2 is 2.03 bits per heavy atom. The van der Waals surface area contributed by atoms with E-state index < -0.39 is 0 Å². The smallest absolute Gasteiger partial charge is 0.191 e. The van der Waals surface area contributed by atoms with Crippen molar-refractivity contribution in [2.45, 2.75) is 32.9 Å². The molecule has 1 aliphatic rings. The molecule has 1 unspecified atom stereocenters. The zero-order valence-electron chi connectivity index (χ0n) is 18.8. The van der Waals surface area contributed by atoms with Gasteiger partial charge in [-0.15, -0.1) is 0 Å². The number of nitrogens with zero attached hydrogens (tertiary/aromatic N) is 1. The Kier molecular flexibility index (Phi) is 10.3. The average Bonchev–Trinajstić information content (AvgIpc) is 3.32. The summed E-state index contributed by atoms with van der Waals surface area (Å²) >= 11 is 0. The molecule has 0 amide bonds. The third-order valence-electron chi connectivity index (χ3n) is 5.12. The van der Waals surface area contributed by atoms with Gasteiger partial charge < -0.3 is 24.8 Å². The summed E-state index contributed by atoms with van der Waals surface area (Å²) in [6.45, 7) is 7.78. The second kappa shape index (κ2) is 13.7. The maximum absolute atomic E-state index is 13.3. The van der Waals surface area contributed by atoms with Gasteiger partial charge in [-0.25, -0.2) is 9.38 Å². The second-order valence-corrected chi connectivity index (χ2v) is 7.84. The maximum atomic E-state index is 13.3. The molecule has 0 aliphatic carbocycles. The molecule has 0 radical (unpaired) electrons. The SMILES string of the molecule is CCNC(=NCc1ccc(OCc2cccc(F)c2)cc1)NCCCOCC1CCOC1. The van der Waals surface area contributed by atoms with Crippen molar-refractivity contribution in [2.24, 2.45) is 10.9 Å². The Morgan fingerprint density at radius 3 is 2.78 bits per heavy atom. The van der Waals surface area contributed by atoms with Crippen molar-refractivity contribution in [2.75, 3.05) is 39.5 Å². The van der Waals surface area contributed by atoms with E-state index in [9.17, 15) is 4.39 Å². The average molecular weight is 444 g/mol. The number of halogens is 1. The zero-order valence-corrected chi connectivity index (χ0v) is 18.8. The minimum Gasteiger partial charge on any atom is -0.489 e. The summed E-state index contributed by atoms with van der Waals surface area (Å²) in [7, 11) is 0. The molecule has 0 aromatic heterocycles. The highest BCUT2D eigenvalue weighted by atomic mass is 19.1. The first-order valence-corrected chi connectivity index (χ1v) is 11.4. The fourth-order valence-electron chi connectivity index (χ4n) is 3.34. The van der Waals surface area contributed by atoms with Gasteiger partial charge in [-0.3, -0.25) is 0 Å². The molecule has 1 aliphatic heterocycles. The second-order valence-electron chi connectivity index (χ2n) is 7.84. The first-order valence-electron chi connectivity index (χ1n) is 11.4. The predicted molar refractivity (Wildman–Crippen MR) is 124 cm³/mol. The van der Waals surface area contributed by atoms with Crippen molar-refractivity contribution in [3.05, 3.63) is 65.5 Å². The maximum Gasteiger partial charge on any atom is 0.191 e. The molecule has 0 bridgehead atoms. The molecule has 174 valence electrons. The third-order valence-corrected chi connectivity index (χ3v) is 5.12. The number of rotatable bonds is 12. The van der Waals surface area contributed by atoms with E-state index in [2.05, 4.69) is 22.5 Å². The van der Waals surface area contributed by atoms with E-state index in [0.29, 0.717) is 19.1 Å². The van der Waals surface area contributed by atoms with Crippen LogP contribution in [0, 0.1) is 11.7 Å². The van der Waals surface area contributed by atoms with E-state index in [0.717, 1.165) is 75.2 Å². The molecule has 32 heavy (non-hydrogen) atoms. The van der Waals surface area contributed by atoms with Crippen LogP contribution in [0.5, 0.6) is 5.75 Å². The number of nitrogens with one attached hydrogen (secondary N) is 2. The number of aliphatic imine (C=N–C) groups is 1. The normalized spacial score (nSPS) is 16.2. The molecular weight excluding hydrogens is 409 g/mol. The van der Waals surface area contributed by atoms with Gasteiger partial charge in [-0.2, -0.15) is 0 Å². The van der Waals surface area contributed by atoms with Gasteiger partial charge in [0.05, 0.1) is 19.8 Å². The van der Waals surface area contributed by atoms with E-state index in [1.165, 1.54) is 12.1 Å². The van der Waals surface area contributed by atoms with Crippen molar-refractivity contribution in [1.82, 2.24) is 10.6 Å². The van der Waals surface area contributed by atoms with Crippen LogP contribution in [-0.4, -0.2) is 45.5 Å². The lowest BCUT2D eigenvalue weighted by Gasteiger charge is -2.12. The van der Waals surface area contributed by atoms with Gasteiger partial charge in [0.25, 0.3) is 0 Å². The molecule has 7 heteroatoms. The van der Waals surface area contributed by atoms with Gasteiger partial charge in [0.15, 0.2) is 5.96 Å². The summed E-state index contributed by atoms with van der Waals surface area (Å²) in [5, 5.41) is 6.62.